The van der Waals surface area contributed by atoms with Crippen LogP contribution < -0.4 is 10.3 Å². The van der Waals surface area contributed by atoms with Crippen molar-refractivity contribution in [1.82, 2.24) is 9.78 Å². The van der Waals surface area contributed by atoms with E-state index in [9.17, 15) is 18.3 Å². The van der Waals surface area contributed by atoms with Gasteiger partial charge in [0.25, 0.3) is 0 Å². The number of benzene rings is 2. The maximum absolute atomic E-state index is 13.3. The van der Waals surface area contributed by atoms with E-state index in [1.54, 1.807) is 24.3 Å². The molecular weight excluding hydrogens is 475 g/mol. The van der Waals surface area contributed by atoms with Crippen LogP contribution in [-0.2, 0) is 9.84 Å². The smallest absolute Gasteiger partial charge is 0.314 e. The molecule has 1 heterocycles. The summed E-state index contributed by atoms with van der Waals surface area (Å²) < 4.78 is 30.4. The Bertz CT molecular complexity index is 1290. The van der Waals surface area contributed by atoms with Gasteiger partial charge in [0.05, 0.1) is 32.9 Å². The number of nitrogens with zero attached hydrogens (tertiary/aromatic N) is 2. The van der Waals surface area contributed by atoms with E-state index in [0.717, 1.165) is 10.9 Å². The van der Waals surface area contributed by atoms with Gasteiger partial charge in [-0.05, 0) is 41.8 Å². The Kier molecular flexibility index (Phi) is 7.29. The Morgan fingerprint density at radius 1 is 1.09 bits per heavy atom. The second kappa shape index (κ2) is 9.62. The van der Waals surface area contributed by atoms with Crippen LogP contribution in [0.2, 0.25) is 10.0 Å². The zero-order chi connectivity index (χ0) is 23.6. The lowest BCUT2D eigenvalue weighted by Crippen LogP contribution is -2.28. The van der Waals surface area contributed by atoms with Crippen molar-refractivity contribution in [3.8, 4) is 22.6 Å². The molecule has 0 aliphatic carbocycles. The van der Waals surface area contributed by atoms with Crippen LogP contribution in [0.3, 0.4) is 0 Å². The minimum atomic E-state index is -3.37. The van der Waals surface area contributed by atoms with Crippen molar-refractivity contribution in [2.45, 2.75) is 24.8 Å². The first kappa shape index (κ1) is 24.3. The summed E-state index contributed by atoms with van der Waals surface area (Å²) in [6, 6.07) is 10.7. The average Bonchev–Trinajstić information content (AvgIpc) is 2.74. The van der Waals surface area contributed by atoms with E-state index in [1.807, 2.05) is 13.8 Å². The topological polar surface area (TPSA) is 98.5 Å². The molecule has 3 rings (SSSR count). The lowest BCUT2D eigenvalue weighted by Gasteiger charge is -2.18. The van der Waals surface area contributed by atoms with Gasteiger partial charge in [0.1, 0.15) is 6.61 Å². The highest BCUT2D eigenvalue weighted by atomic mass is 35.5. The zero-order valence-corrected chi connectivity index (χ0v) is 19.9. The molecule has 7 nitrogen and oxygen atoms in total. The number of rotatable bonds is 7. The van der Waals surface area contributed by atoms with Gasteiger partial charge in [-0.25, -0.2) is 8.42 Å². The van der Waals surface area contributed by atoms with Crippen molar-refractivity contribution >= 4 is 33.0 Å². The van der Waals surface area contributed by atoms with Crippen LogP contribution in [-0.4, -0.2) is 42.3 Å². The Labute approximate surface area is 196 Å². The third kappa shape index (κ3) is 5.32. The fourth-order valence-electron chi connectivity index (χ4n) is 2.83. The fourth-order valence-corrected chi connectivity index (χ4v) is 3.75. The molecule has 2 aromatic carbocycles. The molecule has 1 aromatic heterocycles. The largest absolute Gasteiger partial charge is 0.485 e. The number of hydrogen-bond donors (Lipinski definition) is 1. The summed E-state index contributed by atoms with van der Waals surface area (Å²) in [6.07, 6.45) is 1.77. The van der Waals surface area contributed by atoms with E-state index in [4.69, 9.17) is 27.9 Å². The molecule has 0 spiro atoms. The molecule has 1 atom stereocenters. The van der Waals surface area contributed by atoms with Gasteiger partial charge in [0.15, 0.2) is 15.6 Å². The molecule has 0 saturated carbocycles. The maximum atomic E-state index is 13.3. The molecule has 0 fully saturated rings. The highest BCUT2D eigenvalue weighted by Gasteiger charge is 2.19. The summed E-state index contributed by atoms with van der Waals surface area (Å²) in [5.74, 6) is -0.107. The Morgan fingerprint density at radius 3 is 2.31 bits per heavy atom. The van der Waals surface area contributed by atoms with Gasteiger partial charge in [-0.2, -0.15) is 9.78 Å². The van der Waals surface area contributed by atoms with Gasteiger partial charge >= 0.3 is 5.56 Å². The van der Waals surface area contributed by atoms with Crippen LogP contribution in [0.5, 0.6) is 5.75 Å². The van der Waals surface area contributed by atoms with Gasteiger partial charge in [-0.15, -0.1) is 0 Å². The minimum absolute atomic E-state index is 0.0297. The molecule has 10 heteroatoms. The monoisotopic (exact) mass is 496 g/mol. The van der Waals surface area contributed by atoms with E-state index in [1.165, 1.54) is 24.4 Å². The Hall–Kier alpha value is -2.39. The standard InChI is InChI=1S/C22H22Cl2N2O5S/c1-13(2)20(27)12-31-21-17(14-4-7-16(8-5-14)32(3,29)30)11-25-26(22(21)28)15-6-9-18(23)19(24)10-15/h4-11,13,20,27H,12H2,1-3H3/t20-/m0/s1. The Morgan fingerprint density at radius 2 is 1.75 bits per heavy atom. The molecule has 32 heavy (non-hydrogen) atoms. The average molecular weight is 497 g/mol. The van der Waals surface area contributed by atoms with Gasteiger partial charge in [-0.1, -0.05) is 49.2 Å². The molecule has 0 amide bonds. The van der Waals surface area contributed by atoms with Gasteiger partial charge in [0, 0.05) is 11.8 Å². The maximum Gasteiger partial charge on any atom is 0.314 e. The zero-order valence-electron chi connectivity index (χ0n) is 17.6. The van der Waals surface area contributed by atoms with Gasteiger partial charge in [0.2, 0.25) is 0 Å². The van der Waals surface area contributed by atoms with Crippen molar-refractivity contribution in [1.29, 1.82) is 0 Å². The molecule has 0 saturated heterocycles. The van der Waals surface area contributed by atoms with E-state index in [0.29, 0.717) is 21.8 Å². The molecule has 1 N–H and O–H groups in total. The highest BCUT2D eigenvalue weighted by molar-refractivity contribution is 7.90. The predicted octanol–water partition coefficient (Wildman–Crippen LogP) is 4.01. The van der Waals surface area contributed by atoms with E-state index in [-0.39, 0.29) is 28.2 Å². The molecule has 0 unspecified atom stereocenters. The quantitative estimate of drug-likeness (QED) is 0.530. The van der Waals surface area contributed by atoms with Crippen LogP contribution in [0, 0.1) is 5.92 Å². The van der Waals surface area contributed by atoms with Crippen molar-refractivity contribution in [3.05, 3.63) is 69.1 Å². The number of ether oxygens (including phenoxy) is 1. The molecule has 0 aliphatic heterocycles. The van der Waals surface area contributed by atoms with Crippen molar-refractivity contribution in [2.24, 2.45) is 5.92 Å². The normalized spacial score (nSPS) is 12.7. The van der Waals surface area contributed by atoms with Gasteiger partial charge in [-0.3, -0.25) is 4.79 Å². The third-order valence-corrected chi connectivity index (χ3v) is 6.71. The number of aliphatic hydroxyl groups excluding tert-OH is 1. The van der Waals surface area contributed by atoms with Crippen LogP contribution in [0.1, 0.15) is 13.8 Å². The summed E-state index contributed by atoms with van der Waals surface area (Å²) in [5, 5.41) is 15.0. The first-order valence-corrected chi connectivity index (χ1v) is 12.3. The first-order valence-electron chi connectivity index (χ1n) is 9.68. The first-order chi connectivity index (χ1) is 15.0. The molecule has 0 aliphatic rings. The molecule has 170 valence electrons. The van der Waals surface area contributed by atoms with Crippen LogP contribution in [0.4, 0.5) is 0 Å². The number of sulfone groups is 1. The van der Waals surface area contributed by atoms with Crippen molar-refractivity contribution in [3.63, 3.8) is 0 Å². The molecular formula is C22H22Cl2N2O5S. The lowest BCUT2D eigenvalue weighted by atomic mass is 10.1. The van der Waals surface area contributed by atoms with Crippen molar-refractivity contribution in [2.75, 3.05) is 12.9 Å². The van der Waals surface area contributed by atoms with E-state index >= 15 is 0 Å². The van der Waals surface area contributed by atoms with E-state index in [2.05, 4.69) is 5.10 Å². The van der Waals surface area contributed by atoms with E-state index < -0.39 is 21.5 Å². The Balaban J connectivity index is 2.13. The summed E-state index contributed by atoms with van der Waals surface area (Å²) in [4.78, 5) is 13.4. The van der Waals surface area contributed by atoms with Crippen LogP contribution in [0.15, 0.2) is 58.4 Å². The fraction of sp³-hybridized carbons (Fsp3) is 0.273. The summed E-state index contributed by atoms with van der Waals surface area (Å²) in [7, 11) is -3.37. The van der Waals surface area contributed by atoms with Crippen LogP contribution in [0.25, 0.3) is 16.8 Å². The molecule has 3 aromatic rings. The lowest BCUT2D eigenvalue weighted by molar-refractivity contribution is 0.0695. The number of aliphatic hydroxyl groups is 1. The number of hydrogen-bond acceptors (Lipinski definition) is 6. The molecule has 0 radical (unpaired) electrons. The number of aromatic nitrogens is 2. The van der Waals surface area contributed by atoms with Crippen molar-refractivity contribution < 1.29 is 18.3 Å². The summed E-state index contributed by atoms with van der Waals surface area (Å²) >= 11 is 12.1. The summed E-state index contributed by atoms with van der Waals surface area (Å²) in [5.41, 5.74) is 0.723. The minimum Gasteiger partial charge on any atom is -0.485 e. The third-order valence-electron chi connectivity index (χ3n) is 4.84. The highest BCUT2D eigenvalue weighted by Crippen LogP contribution is 2.29. The second-order valence-electron chi connectivity index (χ2n) is 7.62. The number of halogens is 2. The summed E-state index contributed by atoms with van der Waals surface area (Å²) in [6.45, 7) is 3.56. The molecule has 0 bridgehead atoms. The van der Waals surface area contributed by atoms with Crippen LogP contribution >= 0.6 is 23.2 Å². The SMILES string of the molecule is CC(C)[C@@H](O)COc1c(-c2ccc(S(C)(=O)=O)cc2)cnn(-c2ccc(Cl)c(Cl)c2)c1=O. The van der Waals surface area contributed by atoms with Gasteiger partial charge < -0.3 is 9.84 Å². The second-order valence-corrected chi connectivity index (χ2v) is 10.5. The predicted molar refractivity (Wildman–Crippen MR) is 125 cm³/mol.